The first-order valence-corrected chi connectivity index (χ1v) is 7.80. The number of benzene rings is 1. The lowest BCUT2D eigenvalue weighted by molar-refractivity contribution is -0.142. The number of nitrogens with zero attached hydrogens (tertiary/aromatic N) is 1. The molecule has 6 heteroatoms. The number of halogens is 1. The summed E-state index contributed by atoms with van der Waals surface area (Å²) >= 11 is 5.73. The van der Waals surface area contributed by atoms with Gasteiger partial charge in [-0.05, 0) is 36.8 Å². The molecule has 0 bridgehead atoms. The molecule has 1 heterocycles. The number of rotatable bonds is 8. The van der Waals surface area contributed by atoms with Crippen LogP contribution in [0.1, 0.15) is 18.9 Å². The second-order valence-electron chi connectivity index (χ2n) is 4.79. The summed E-state index contributed by atoms with van der Waals surface area (Å²) in [6.07, 6.45) is 1.95. The fourth-order valence-corrected chi connectivity index (χ4v) is 2.00. The van der Waals surface area contributed by atoms with Crippen LogP contribution in [0.5, 0.6) is 11.5 Å². The van der Waals surface area contributed by atoms with Crippen LogP contribution in [-0.2, 0) is 16.1 Å². The van der Waals surface area contributed by atoms with Gasteiger partial charge in [-0.3, -0.25) is 4.79 Å². The molecule has 0 radical (unpaired) electrons. The number of esters is 1. The van der Waals surface area contributed by atoms with Crippen molar-refractivity contribution in [1.29, 1.82) is 0 Å². The molecule has 1 aromatic carbocycles. The SMILES string of the molecule is CCOC(=O)CCNCc1ccc(Oc2ccc(Cl)nc2)cc1. The van der Waals surface area contributed by atoms with Gasteiger partial charge in [0.15, 0.2) is 0 Å². The maximum atomic E-state index is 11.2. The highest BCUT2D eigenvalue weighted by molar-refractivity contribution is 6.29. The molecule has 0 atom stereocenters. The maximum Gasteiger partial charge on any atom is 0.307 e. The molecule has 122 valence electrons. The minimum absolute atomic E-state index is 0.180. The van der Waals surface area contributed by atoms with Gasteiger partial charge in [-0.25, -0.2) is 4.98 Å². The van der Waals surface area contributed by atoms with E-state index in [9.17, 15) is 4.79 Å². The van der Waals surface area contributed by atoms with Gasteiger partial charge in [-0.1, -0.05) is 23.7 Å². The molecule has 0 saturated heterocycles. The highest BCUT2D eigenvalue weighted by Crippen LogP contribution is 2.21. The van der Waals surface area contributed by atoms with Crippen LogP contribution in [0, 0.1) is 0 Å². The minimum atomic E-state index is -0.180. The van der Waals surface area contributed by atoms with Crippen molar-refractivity contribution in [3.63, 3.8) is 0 Å². The Balaban J connectivity index is 1.76. The molecular weight excluding hydrogens is 316 g/mol. The second-order valence-corrected chi connectivity index (χ2v) is 5.18. The number of hydrogen-bond acceptors (Lipinski definition) is 5. The molecule has 23 heavy (non-hydrogen) atoms. The van der Waals surface area contributed by atoms with E-state index in [4.69, 9.17) is 21.1 Å². The third kappa shape index (κ3) is 6.26. The van der Waals surface area contributed by atoms with Gasteiger partial charge in [-0.2, -0.15) is 0 Å². The largest absolute Gasteiger partial charge is 0.466 e. The lowest BCUT2D eigenvalue weighted by atomic mass is 10.2. The fraction of sp³-hybridized carbons (Fsp3) is 0.294. The van der Waals surface area contributed by atoms with Crippen LogP contribution in [0.15, 0.2) is 42.6 Å². The Bertz CT molecular complexity index is 615. The molecular formula is C17H19ClN2O3. The zero-order valence-corrected chi connectivity index (χ0v) is 13.7. The predicted octanol–water partition coefficient (Wildman–Crippen LogP) is 3.57. The van der Waals surface area contributed by atoms with Gasteiger partial charge in [0.05, 0.1) is 19.2 Å². The van der Waals surface area contributed by atoms with Crippen LogP contribution < -0.4 is 10.1 Å². The topological polar surface area (TPSA) is 60.5 Å². The van der Waals surface area contributed by atoms with Gasteiger partial charge in [0.25, 0.3) is 0 Å². The molecule has 5 nitrogen and oxygen atoms in total. The normalized spacial score (nSPS) is 10.3. The van der Waals surface area contributed by atoms with Crippen LogP contribution in [0.4, 0.5) is 0 Å². The van der Waals surface area contributed by atoms with E-state index in [1.165, 1.54) is 0 Å². The molecule has 0 aliphatic heterocycles. The first-order chi connectivity index (χ1) is 11.2. The van der Waals surface area contributed by atoms with Gasteiger partial charge < -0.3 is 14.8 Å². The van der Waals surface area contributed by atoms with Crippen LogP contribution in [-0.4, -0.2) is 24.1 Å². The molecule has 0 unspecified atom stereocenters. The highest BCUT2D eigenvalue weighted by Gasteiger charge is 2.02. The number of carbonyl (C=O) groups is 1. The molecule has 0 fully saturated rings. The number of aromatic nitrogens is 1. The van der Waals surface area contributed by atoms with Crippen molar-refractivity contribution in [2.75, 3.05) is 13.2 Å². The summed E-state index contributed by atoms with van der Waals surface area (Å²) in [4.78, 5) is 15.2. The minimum Gasteiger partial charge on any atom is -0.466 e. The Morgan fingerprint density at radius 2 is 1.91 bits per heavy atom. The third-order valence-electron chi connectivity index (χ3n) is 3.00. The van der Waals surface area contributed by atoms with Crippen molar-refractivity contribution >= 4 is 17.6 Å². The van der Waals surface area contributed by atoms with Crippen molar-refractivity contribution in [2.24, 2.45) is 0 Å². The van der Waals surface area contributed by atoms with E-state index in [2.05, 4.69) is 10.3 Å². The van der Waals surface area contributed by atoms with Crippen molar-refractivity contribution in [3.05, 3.63) is 53.3 Å². The van der Waals surface area contributed by atoms with E-state index in [1.54, 1.807) is 25.3 Å². The highest BCUT2D eigenvalue weighted by atomic mass is 35.5. The maximum absolute atomic E-state index is 11.2. The molecule has 0 aliphatic rings. The molecule has 1 aromatic heterocycles. The van der Waals surface area contributed by atoms with Crippen molar-refractivity contribution in [2.45, 2.75) is 19.9 Å². The summed E-state index contributed by atoms with van der Waals surface area (Å²) in [6.45, 7) is 3.49. The van der Waals surface area contributed by atoms with Gasteiger partial charge >= 0.3 is 5.97 Å². The van der Waals surface area contributed by atoms with Crippen LogP contribution in [0.2, 0.25) is 5.15 Å². The summed E-state index contributed by atoms with van der Waals surface area (Å²) < 4.78 is 10.5. The standard InChI is InChI=1S/C17H19ClN2O3/c1-2-22-17(21)9-10-19-11-13-3-5-14(6-4-13)23-15-7-8-16(18)20-12-15/h3-8,12,19H,2,9-11H2,1H3. The molecule has 2 aromatic rings. The number of hydrogen-bond donors (Lipinski definition) is 1. The molecule has 0 aliphatic carbocycles. The average Bonchev–Trinajstić information content (AvgIpc) is 2.55. The number of pyridine rings is 1. The van der Waals surface area contributed by atoms with Crippen LogP contribution in [0.25, 0.3) is 0 Å². The Morgan fingerprint density at radius 3 is 2.57 bits per heavy atom. The summed E-state index contributed by atoms with van der Waals surface area (Å²) in [5.41, 5.74) is 1.11. The van der Waals surface area contributed by atoms with Crippen LogP contribution in [0.3, 0.4) is 0 Å². The van der Waals surface area contributed by atoms with E-state index < -0.39 is 0 Å². The lowest BCUT2D eigenvalue weighted by Gasteiger charge is -2.08. The summed E-state index contributed by atoms with van der Waals surface area (Å²) in [7, 11) is 0. The van der Waals surface area contributed by atoms with E-state index in [-0.39, 0.29) is 5.97 Å². The third-order valence-corrected chi connectivity index (χ3v) is 3.22. The Hall–Kier alpha value is -2.11. The van der Waals surface area contributed by atoms with Gasteiger partial charge in [0, 0.05) is 13.1 Å². The lowest BCUT2D eigenvalue weighted by Crippen LogP contribution is -2.18. The van der Waals surface area contributed by atoms with E-state index >= 15 is 0 Å². The Morgan fingerprint density at radius 1 is 1.17 bits per heavy atom. The van der Waals surface area contributed by atoms with E-state index in [1.807, 2.05) is 24.3 Å². The van der Waals surface area contributed by atoms with Crippen LogP contribution >= 0.6 is 11.6 Å². The molecule has 1 N–H and O–H groups in total. The quantitative estimate of drug-likeness (QED) is 0.454. The summed E-state index contributed by atoms with van der Waals surface area (Å²) in [5, 5.41) is 3.63. The second kappa shape index (κ2) is 9.12. The number of carbonyl (C=O) groups excluding carboxylic acids is 1. The van der Waals surface area contributed by atoms with Gasteiger partial charge in [-0.15, -0.1) is 0 Å². The molecule has 0 saturated carbocycles. The summed E-state index contributed by atoms with van der Waals surface area (Å²) in [5.74, 6) is 1.18. The molecule has 0 amide bonds. The average molecular weight is 335 g/mol. The monoisotopic (exact) mass is 334 g/mol. The zero-order chi connectivity index (χ0) is 16.5. The summed E-state index contributed by atoms with van der Waals surface area (Å²) in [6, 6.07) is 11.2. The molecule has 0 spiro atoms. The molecule has 2 rings (SSSR count). The van der Waals surface area contributed by atoms with Gasteiger partial charge in [0.1, 0.15) is 16.7 Å². The van der Waals surface area contributed by atoms with Crippen molar-refractivity contribution < 1.29 is 14.3 Å². The first-order valence-electron chi connectivity index (χ1n) is 7.42. The first kappa shape index (κ1) is 17.2. The van der Waals surface area contributed by atoms with Gasteiger partial charge in [0.2, 0.25) is 0 Å². The number of nitrogens with one attached hydrogen (secondary N) is 1. The fourth-order valence-electron chi connectivity index (χ4n) is 1.89. The van der Waals surface area contributed by atoms with E-state index in [0.29, 0.717) is 37.0 Å². The predicted molar refractivity (Wildman–Crippen MR) is 88.7 cm³/mol. The van der Waals surface area contributed by atoms with E-state index in [0.717, 1.165) is 11.3 Å². The zero-order valence-electron chi connectivity index (χ0n) is 12.9. The Kier molecular flexibility index (Phi) is 6.84. The number of ether oxygens (including phenoxy) is 2. The van der Waals surface area contributed by atoms with Crippen molar-refractivity contribution in [3.8, 4) is 11.5 Å². The smallest absolute Gasteiger partial charge is 0.307 e. The van der Waals surface area contributed by atoms with Crippen molar-refractivity contribution in [1.82, 2.24) is 10.3 Å². The Labute approximate surface area is 140 Å².